The minimum atomic E-state index is 0.940. The van der Waals surface area contributed by atoms with Crippen LogP contribution in [0, 0.1) is 5.92 Å². The molecule has 0 amide bonds. The van der Waals surface area contributed by atoms with E-state index in [0.29, 0.717) is 0 Å². The van der Waals surface area contributed by atoms with Crippen LogP contribution in [-0.4, -0.2) is 24.5 Å². The summed E-state index contributed by atoms with van der Waals surface area (Å²) < 4.78 is 0. The van der Waals surface area contributed by atoms with E-state index in [1.165, 1.54) is 43.5 Å². The van der Waals surface area contributed by atoms with Gasteiger partial charge in [0.2, 0.25) is 0 Å². The average molecular weight is 260 g/mol. The third-order valence-corrected chi connectivity index (χ3v) is 4.04. The fraction of sp³-hybridized carbons (Fsp3) is 0.647. The number of hydrogen-bond donors (Lipinski definition) is 1. The minimum absolute atomic E-state index is 0.940. The number of nitrogens with one attached hydrogen (secondary N) is 1. The molecule has 1 aromatic rings. The Morgan fingerprint density at radius 3 is 2.89 bits per heavy atom. The number of nitrogens with zero attached hydrogens (tertiary/aromatic N) is 1. The van der Waals surface area contributed by atoms with Crippen molar-refractivity contribution >= 4 is 0 Å². The van der Waals surface area contributed by atoms with Gasteiger partial charge in [0, 0.05) is 19.6 Å². The van der Waals surface area contributed by atoms with Crippen molar-refractivity contribution in [3.8, 4) is 0 Å². The molecule has 2 nitrogen and oxygen atoms in total. The molecular formula is C17H28N2. The summed E-state index contributed by atoms with van der Waals surface area (Å²) in [4.78, 5) is 2.62. The third-order valence-electron chi connectivity index (χ3n) is 4.04. The Kier molecular flexibility index (Phi) is 5.87. The molecule has 1 aliphatic heterocycles. The maximum absolute atomic E-state index is 3.40. The van der Waals surface area contributed by atoms with Gasteiger partial charge >= 0.3 is 0 Å². The van der Waals surface area contributed by atoms with Gasteiger partial charge in [0.05, 0.1) is 0 Å². The van der Waals surface area contributed by atoms with Crippen molar-refractivity contribution in [2.24, 2.45) is 5.92 Å². The third kappa shape index (κ3) is 4.63. The van der Waals surface area contributed by atoms with E-state index in [9.17, 15) is 0 Å². The van der Waals surface area contributed by atoms with Crippen LogP contribution >= 0.6 is 0 Å². The maximum atomic E-state index is 3.40. The highest BCUT2D eigenvalue weighted by molar-refractivity contribution is 5.23. The number of hydrogen-bond acceptors (Lipinski definition) is 2. The lowest BCUT2D eigenvalue weighted by Gasteiger charge is -2.16. The largest absolute Gasteiger partial charge is 0.313 e. The van der Waals surface area contributed by atoms with Gasteiger partial charge in [-0.1, -0.05) is 44.5 Å². The Bertz CT molecular complexity index is 375. The van der Waals surface area contributed by atoms with Crippen LogP contribution in [-0.2, 0) is 13.1 Å². The molecule has 19 heavy (non-hydrogen) atoms. The van der Waals surface area contributed by atoms with Crippen LogP contribution in [0.4, 0.5) is 0 Å². The van der Waals surface area contributed by atoms with Gasteiger partial charge in [-0.05, 0) is 43.0 Å². The Labute approximate surface area is 118 Å². The fourth-order valence-electron chi connectivity index (χ4n) is 3.07. The predicted octanol–water partition coefficient (Wildman–Crippen LogP) is 3.42. The van der Waals surface area contributed by atoms with E-state index in [2.05, 4.69) is 48.3 Å². The first kappa shape index (κ1) is 14.5. The zero-order chi connectivity index (χ0) is 13.5. The van der Waals surface area contributed by atoms with Gasteiger partial charge < -0.3 is 5.32 Å². The number of likely N-dealkylation sites (tertiary alicyclic amines) is 1. The van der Waals surface area contributed by atoms with E-state index >= 15 is 0 Å². The molecule has 106 valence electrons. The second kappa shape index (κ2) is 7.66. The lowest BCUT2D eigenvalue weighted by Crippen LogP contribution is -2.20. The van der Waals surface area contributed by atoms with Gasteiger partial charge in [0.15, 0.2) is 0 Å². The molecule has 0 spiro atoms. The fourth-order valence-corrected chi connectivity index (χ4v) is 3.07. The second-order valence-electron chi connectivity index (χ2n) is 5.78. The van der Waals surface area contributed by atoms with Crippen molar-refractivity contribution in [3.05, 3.63) is 35.4 Å². The molecule has 0 aliphatic carbocycles. The molecule has 1 aromatic carbocycles. The Balaban J connectivity index is 1.85. The first-order chi connectivity index (χ1) is 9.31. The van der Waals surface area contributed by atoms with Crippen molar-refractivity contribution in [1.29, 1.82) is 0 Å². The zero-order valence-corrected chi connectivity index (χ0v) is 12.5. The molecular weight excluding hydrogens is 232 g/mol. The monoisotopic (exact) mass is 260 g/mol. The van der Waals surface area contributed by atoms with E-state index < -0.39 is 0 Å². The summed E-state index contributed by atoms with van der Waals surface area (Å²) in [7, 11) is 0. The molecule has 1 saturated heterocycles. The number of rotatable bonds is 7. The molecule has 1 N–H and O–H groups in total. The summed E-state index contributed by atoms with van der Waals surface area (Å²) in [5.41, 5.74) is 2.87. The highest BCUT2D eigenvalue weighted by atomic mass is 15.1. The second-order valence-corrected chi connectivity index (χ2v) is 5.78. The zero-order valence-electron chi connectivity index (χ0n) is 12.5. The minimum Gasteiger partial charge on any atom is -0.313 e. The molecule has 0 saturated carbocycles. The quantitative estimate of drug-likeness (QED) is 0.808. The van der Waals surface area contributed by atoms with Gasteiger partial charge in [0.25, 0.3) is 0 Å². The molecule has 0 aromatic heterocycles. The summed E-state index contributed by atoms with van der Waals surface area (Å²) in [6.07, 6.45) is 4.12. The highest BCUT2D eigenvalue weighted by Gasteiger charge is 2.21. The summed E-state index contributed by atoms with van der Waals surface area (Å²) in [5.74, 6) is 0.940. The lowest BCUT2D eigenvalue weighted by molar-refractivity contribution is 0.313. The first-order valence-electron chi connectivity index (χ1n) is 7.82. The van der Waals surface area contributed by atoms with Crippen LogP contribution in [0.25, 0.3) is 0 Å². The molecule has 1 heterocycles. The van der Waals surface area contributed by atoms with E-state index in [1.807, 2.05) is 0 Å². The van der Waals surface area contributed by atoms with E-state index in [1.54, 1.807) is 0 Å². The SMILES string of the molecule is CCCC1CCN(Cc2cccc(CNCC)c2)C1. The van der Waals surface area contributed by atoms with E-state index in [4.69, 9.17) is 0 Å². The molecule has 0 radical (unpaired) electrons. The van der Waals surface area contributed by atoms with Crippen molar-refractivity contribution in [2.45, 2.75) is 46.2 Å². The van der Waals surface area contributed by atoms with E-state index in [-0.39, 0.29) is 0 Å². The Morgan fingerprint density at radius 2 is 2.11 bits per heavy atom. The van der Waals surface area contributed by atoms with Crippen LogP contribution in [0.1, 0.15) is 44.2 Å². The molecule has 1 unspecified atom stereocenters. The molecule has 2 rings (SSSR count). The van der Waals surface area contributed by atoms with Gasteiger partial charge in [-0.15, -0.1) is 0 Å². The Morgan fingerprint density at radius 1 is 1.26 bits per heavy atom. The normalized spacial score (nSPS) is 20.0. The number of benzene rings is 1. The topological polar surface area (TPSA) is 15.3 Å². The molecule has 2 heteroatoms. The van der Waals surface area contributed by atoms with Crippen LogP contribution in [0.3, 0.4) is 0 Å². The van der Waals surface area contributed by atoms with Gasteiger partial charge in [-0.25, -0.2) is 0 Å². The average Bonchev–Trinajstić information content (AvgIpc) is 2.85. The summed E-state index contributed by atoms with van der Waals surface area (Å²) in [6.45, 7) is 10.2. The van der Waals surface area contributed by atoms with Crippen molar-refractivity contribution in [3.63, 3.8) is 0 Å². The lowest BCUT2D eigenvalue weighted by atomic mass is 10.0. The van der Waals surface area contributed by atoms with Gasteiger partial charge in [-0.3, -0.25) is 4.90 Å². The summed E-state index contributed by atoms with van der Waals surface area (Å²) >= 11 is 0. The van der Waals surface area contributed by atoms with Crippen LogP contribution < -0.4 is 5.32 Å². The maximum Gasteiger partial charge on any atom is 0.0233 e. The standard InChI is InChI=1S/C17H28N2/c1-3-6-15-9-10-19(13-15)14-17-8-5-7-16(11-17)12-18-4-2/h5,7-8,11,15,18H,3-4,6,9-10,12-14H2,1-2H3. The smallest absolute Gasteiger partial charge is 0.0233 e. The van der Waals surface area contributed by atoms with Crippen molar-refractivity contribution < 1.29 is 0 Å². The van der Waals surface area contributed by atoms with E-state index in [0.717, 1.165) is 25.6 Å². The van der Waals surface area contributed by atoms with Crippen LogP contribution in [0.15, 0.2) is 24.3 Å². The molecule has 1 aliphatic rings. The van der Waals surface area contributed by atoms with Gasteiger partial charge in [-0.2, -0.15) is 0 Å². The first-order valence-corrected chi connectivity index (χ1v) is 7.82. The van der Waals surface area contributed by atoms with Crippen molar-refractivity contribution in [1.82, 2.24) is 10.2 Å². The van der Waals surface area contributed by atoms with Gasteiger partial charge in [0.1, 0.15) is 0 Å². The highest BCUT2D eigenvalue weighted by Crippen LogP contribution is 2.22. The molecule has 1 atom stereocenters. The predicted molar refractivity (Wildman–Crippen MR) is 82.1 cm³/mol. The molecule has 0 bridgehead atoms. The molecule has 1 fully saturated rings. The van der Waals surface area contributed by atoms with Crippen molar-refractivity contribution in [2.75, 3.05) is 19.6 Å². The summed E-state index contributed by atoms with van der Waals surface area (Å²) in [6, 6.07) is 9.04. The Hall–Kier alpha value is -0.860. The van der Waals surface area contributed by atoms with Crippen LogP contribution in [0.5, 0.6) is 0 Å². The van der Waals surface area contributed by atoms with Crippen LogP contribution in [0.2, 0.25) is 0 Å². The summed E-state index contributed by atoms with van der Waals surface area (Å²) in [5, 5.41) is 3.40.